The number of nitrogens with one attached hydrogen (secondary N) is 2. The second-order valence-corrected chi connectivity index (χ2v) is 5.15. The molecule has 6 heteroatoms. The average molecular weight is 292 g/mol. The van der Waals surface area contributed by atoms with E-state index < -0.39 is 0 Å². The number of hydrogen-bond acceptors (Lipinski definition) is 3. The monoisotopic (exact) mass is 292 g/mol. The third-order valence-electron chi connectivity index (χ3n) is 2.73. The van der Waals surface area contributed by atoms with Crippen LogP contribution in [0.15, 0.2) is 40.8 Å². The van der Waals surface area contributed by atoms with E-state index >= 15 is 0 Å². The van der Waals surface area contributed by atoms with Gasteiger partial charge in [0.1, 0.15) is 5.82 Å². The number of pyridine rings is 1. The number of nitrogens with zero attached hydrogens (tertiary/aromatic N) is 2. The van der Waals surface area contributed by atoms with Gasteiger partial charge in [0.15, 0.2) is 5.96 Å². The van der Waals surface area contributed by atoms with Crippen LogP contribution in [0.25, 0.3) is 0 Å². The summed E-state index contributed by atoms with van der Waals surface area (Å²) >= 11 is 1.73. The first-order valence-electron chi connectivity index (χ1n) is 6.36. The molecule has 0 unspecified atom stereocenters. The molecule has 0 bridgehead atoms. The van der Waals surface area contributed by atoms with Crippen LogP contribution in [0.2, 0.25) is 0 Å². The Morgan fingerprint density at radius 2 is 2.25 bits per heavy atom. The highest BCUT2D eigenvalue weighted by Gasteiger charge is 2.03. The zero-order chi connectivity index (χ0) is 14.2. The smallest absolute Gasteiger partial charge is 0.191 e. The summed E-state index contributed by atoms with van der Waals surface area (Å²) in [6.07, 6.45) is 2.52. The number of thiophene rings is 1. The predicted octanol–water partition coefficient (Wildman–Crippen LogP) is 2.19. The lowest BCUT2D eigenvalue weighted by Crippen LogP contribution is -2.38. The number of hydrogen-bond donors (Lipinski definition) is 2. The lowest BCUT2D eigenvalue weighted by molar-refractivity contribution is 0.592. The highest BCUT2D eigenvalue weighted by atomic mass is 32.1. The minimum atomic E-state index is -0.311. The maximum atomic E-state index is 13.4. The van der Waals surface area contributed by atoms with Gasteiger partial charge in [0.2, 0.25) is 0 Å². The third kappa shape index (κ3) is 4.31. The molecule has 0 saturated heterocycles. The van der Waals surface area contributed by atoms with E-state index in [1.165, 1.54) is 10.9 Å². The van der Waals surface area contributed by atoms with Crippen molar-refractivity contribution < 1.29 is 4.39 Å². The maximum Gasteiger partial charge on any atom is 0.191 e. The summed E-state index contributed by atoms with van der Waals surface area (Å²) in [4.78, 5) is 9.41. The van der Waals surface area contributed by atoms with E-state index in [1.54, 1.807) is 30.6 Å². The van der Waals surface area contributed by atoms with Crippen molar-refractivity contribution in [3.63, 3.8) is 0 Å². The van der Waals surface area contributed by atoms with Crippen molar-refractivity contribution in [2.24, 2.45) is 4.99 Å². The zero-order valence-electron chi connectivity index (χ0n) is 11.3. The molecule has 0 amide bonds. The normalized spacial score (nSPS) is 11.4. The van der Waals surface area contributed by atoms with Gasteiger partial charge in [0, 0.05) is 24.7 Å². The van der Waals surface area contributed by atoms with Crippen LogP contribution >= 0.6 is 11.3 Å². The topological polar surface area (TPSA) is 49.3 Å². The molecule has 0 aliphatic carbocycles. The van der Waals surface area contributed by atoms with Gasteiger partial charge in [-0.05, 0) is 30.0 Å². The van der Waals surface area contributed by atoms with Crippen LogP contribution < -0.4 is 10.6 Å². The summed E-state index contributed by atoms with van der Waals surface area (Å²) < 4.78 is 13.4. The quantitative estimate of drug-likeness (QED) is 0.656. The molecular weight excluding hydrogens is 275 g/mol. The van der Waals surface area contributed by atoms with Gasteiger partial charge < -0.3 is 10.6 Å². The highest BCUT2D eigenvalue weighted by Crippen LogP contribution is 2.08. The summed E-state index contributed by atoms with van der Waals surface area (Å²) in [5.41, 5.74) is 0.383. The van der Waals surface area contributed by atoms with Crippen LogP contribution in [-0.4, -0.2) is 24.5 Å². The Morgan fingerprint density at radius 3 is 2.95 bits per heavy atom. The molecule has 0 aromatic carbocycles. The minimum Gasteiger partial charge on any atom is -0.356 e. The summed E-state index contributed by atoms with van der Waals surface area (Å²) in [5.74, 6) is 0.334. The Morgan fingerprint density at radius 1 is 1.35 bits per heavy atom. The Bertz CT molecular complexity index is 554. The van der Waals surface area contributed by atoms with Crippen molar-refractivity contribution >= 4 is 17.3 Å². The molecule has 0 radical (unpaired) electrons. The molecule has 20 heavy (non-hydrogen) atoms. The fourth-order valence-corrected chi connectivity index (χ4v) is 2.40. The van der Waals surface area contributed by atoms with E-state index in [0.29, 0.717) is 18.2 Å². The summed E-state index contributed by atoms with van der Waals surface area (Å²) in [5, 5.41) is 8.30. The Hall–Kier alpha value is -1.95. The van der Waals surface area contributed by atoms with Gasteiger partial charge in [-0.3, -0.25) is 9.98 Å². The number of rotatable bonds is 5. The molecule has 0 atom stereocenters. The molecule has 2 aromatic heterocycles. The Kier molecular flexibility index (Phi) is 5.49. The van der Waals surface area contributed by atoms with Crippen LogP contribution in [0.4, 0.5) is 4.39 Å². The largest absolute Gasteiger partial charge is 0.356 e. The van der Waals surface area contributed by atoms with Gasteiger partial charge in [-0.1, -0.05) is 6.07 Å². The molecule has 2 aromatic rings. The molecule has 0 spiro atoms. The first kappa shape index (κ1) is 14.5. The SMILES string of the molecule is CN=C(NCCc1cccs1)NCc1ncccc1F. The molecule has 0 fully saturated rings. The van der Waals surface area contributed by atoms with Gasteiger partial charge in [-0.2, -0.15) is 0 Å². The zero-order valence-corrected chi connectivity index (χ0v) is 12.1. The van der Waals surface area contributed by atoms with Crippen molar-refractivity contribution in [2.75, 3.05) is 13.6 Å². The fraction of sp³-hybridized carbons (Fsp3) is 0.286. The van der Waals surface area contributed by atoms with E-state index in [0.717, 1.165) is 13.0 Å². The second kappa shape index (κ2) is 7.59. The summed E-state index contributed by atoms with van der Waals surface area (Å²) in [6.45, 7) is 1.09. The third-order valence-corrected chi connectivity index (χ3v) is 3.66. The van der Waals surface area contributed by atoms with Crippen molar-refractivity contribution in [3.05, 3.63) is 52.2 Å². The minimum absolute atomic E-state index is 0.311. The molecular formula is C14H17FN4S. The standard InChI is InChI=1S/C14H17FN4S/c1-16-14(18-8-6-11-4-3-9-20-11)19-10-13-12(15)5-2-7-17-13/h2-5,7,9H,6,8,10H2,1H3,(H2,16,18,19). The van der Waals surface area contributed by atoms with Crippen molar-refractivity contribution in [3.8, 4) is 0 Å². The number of aromatic nitrogens is 1. The van der Waals surface area contributed by atoms with Crippen molar-refractivity contribution in [2.45, 2.75) is 13.0 Å². The number of guanidine groups is 1. The lowest BCUT2D eigenvalue weighted by Gasteiger charge is -2.11. The lowest BCUT2D eigenvalue weighted by atomic mass is 10.3. The van der Waals surface area contributed by atoms with Crippen molar-refractivity contribution in [1.82, 2.24) is 15.6 Å². The van der Waals surface area contributed by atoms with Gasteiger partial charge >= 0.3 is 0 Å². The van der Waals surface area contributed by atoms with E-state index in [-0.39, 0.29) is 5.82 Å². The molecule has 0 saturated carbocycles. The number of halogens is 1. The first-order valence-corrected chi connectivity index (χ1v) is 7.24. The first-order chi connectivity index (χ1) is 9.79. The Balaban J connectivity index is 1.77. The van der Waals surface area contributed by atoms with Crippen LogP contribution in [0.5, 0.6) is 0 Å². The van der Waals surface area contributed by atoms with E-state index in [4.69, 9.17) is 0 Å². The molecule has 4 nitrogen and oxygen atoms in total. The summed E-state index contributed by atoms with van der Waals surface area (Å²) in [7, 11) is 1.69. The van der Waals surface area contributed by atoms with Gasteiger partial charge in [0.05, 0.1) is 12.2 Å². The predicted molar refractivity (Wildman–Crippen MR) is 80.4 cm³/mol. The highest BCUT2D eigenvalue weighted by molar-refractivity contribution is 7.09. The second-order valence-electron chi connectivity index (χ2n) is 4.11. The molecule has 2 N–H and O–H groups in total. The van der Waals surface area contributed by atoms with E-state index in [9.17, 15) is 4.39 Å². The molecule has 2 heterocycles. The molecule has 0 aliphatic rings. The van der Waals surface area contributed by atoms with Crippen LogP contribution in [0.1, 0.15) is 10.6 Å². The van der Waals surface area contributed by atoms with Crippen LogP contribution in [0.3, 0.4) is 0 Å². The molecule has 106 valence electrons. The van der Waals surface area contributed by atoms with Gasteiger partial charge in [-0.15, -0.1) is 11.3 Å². The summed E-state index contributed by atoms with van der Waals surface area (Å²) in [6, 6.07) is 7.12. The fourth-order valence-electron chi connectivity index (χ4n) is 1.70. The van der Waals surface area contributed by atoms with Crippen molar-refractivity contribution in [1.29, 1.82) is 0 Å². The maximum absolute atomic E-state index is 13.4. The van der Waals surface area contributed by atoms with Gasteiger partial charge in [0.25, 0.3) is 0 Å². The average Bonchev–Trinajstić information content (AvgIpc) is 2.97. The van der Waals surface area contributed by atoms with Gasteiger partial charge in [-0.25, -0.2) is 4.39 Å². The van der Waals surface area contributed by atoms with Crippen LogP contribution in [-0.2, 0) is 13.0 Å². The van der Waals surface area contributed by atoms with Crippen LogP contribution in [0, 0.1) is 5.82 Å². The molecule has 0 aliphatic heterocycles. The number of aliphatic imine (C=N–C) groups is 1. The van der Waals surface area contributed by atoms with E-state index in [1.807, 2.05) is 6.07 Å². The van der Waals surface area contributed by atoms with E-state index in [2.05, 4.69) is 32.1 Å². The Labute approximate surface area is 121 Å². The molecule has 2 rings (SSSR count).